The summed E-state index contributed by atoms with van der Waals surface area (Å²) in [7, 11) is 0. The van der Waals surface area contributed by atoms with E-state index in [2.05, 4.69) is 0 Å². The van der Waals surface area contributed by atoms with Crippen LogP contribution in [0.25, 0.3) is 0 Å². The van der Waals surface area contributed by atoms with Crippen LogP contribution in [-0.2, 0) is 9.47 Å². The second-order valence-electron chi connectivity index (χ2n) is 4.01. The van der Waals surface area contributed by atoms with Gasteiger partial charge < -0.3 is 9.47 Å². The van der Waals surface area contributed by atoms with Gasteiger partial charge in [-0.05, 0) is 39.5 Å². The fourth-order valence-corrected chi connectivity index (χ4v) is 1.97. The summed E-state index contributed by atoms with van der Waals surface area (Å²) in [5.74, 6) is -1.41. The topological polar surface area (TPSA) is 18.5 Å². The highest BCUT2D eigenvalue weighted by molar-refractivity contribution is 4.81. The van der Waals surface area contributed by atoms with E-state index < -0.39 is 18.5 Å². The predicted molar refractivity (Wildman–Crippen MR) is 51.5 cm³/mol. The predicted octanol–water partition coefficient (Wildman–Crippen LogP) is 2.86. The zero-order valence-electron chi connectivity index (χ0n) is 12.3. The smallest absolute Gasteiger partial charge is 0.168 e. The van der Waals surface area contributed by atoms with Gasteiger partial charge in [0.2, 0.25) is 0 Å². The molecule has 1 unspecified atom stereocenters. The Hall–Kier alpha value is -0.0800. The van der Waals surface area contributed by atoms with E-state index in [1.165, 1.54) is 0 Å². The first kappa shape index (κ1) is 5.72. The summed E-state index contributed by atoms with van der Waals surface area (Å²) in [5.41, 5.74) is 0. The van der Waals surface area contributed by atoms with Crippen LogP contribution < -0.4 is 0 Å². The summed E-state index contributed by atoms with van der Waals surface area (Å²) >= 11 is 0. The number of rotatable bonds is 0. The molecule has 0 aliphatic carbocycles. The van der Waals surface area contributed by atoms with Crippen LogP contribution in [0.3, 0.4) is 0 Å². The molecule has 0 aromatic rings. The Labute approximate surface area is 86.2 Å². The van der Waals surface area contributed by atoms with Gasteiger partial charge in [0, 0.05) is 18.3 Å². The van der Waals surface area contributed by atoms with E-state index in [4.69, 9.17) is 15.0 Å². The Morgan fingerprint density at radius 3 is 2.62 bits per heavy atom. The maximum atomic E-state index is 8.09. The Bertz CT molecular complexity index is 304. The summed E-state index contributed by atoms with van der Waals surface area (Å²) < 4.78 is 43.4. The van der Waals surface area contributed by atoms with Crippen LogP contribution in [0, 0.1) is 0 Å². The van der Waals surface area contributed by atoms with E-state index in [9.17, 15) is 0 Å². The van der Waals surface area contributed by atoms with Gasteiger partial charge >= 0.3 is 0 Å². The first-order valence-corrected chi connectivity index (χ1v) is 5.06. The highest BCUT2D eigenvalue weighted by Gasteiger charge is 2.40. The maximum Gasteiger partial charge on any atom is 0.168 e. The molecule has 2 heteroatoms. The molecule has 1 spiro atoms. The van der Waals surface area contributed by atoms with Crippen LogP contribution in [-0.4, -0.2) is 18.0 Å². The summed E-state index contributed by atoms with van der Waals surface area (Å²) in [6.07, 6.45) is -2.25. The Morgan fingerprint density at radius 2 is 1.92 bits per heavy atom. The minimum Gasteiger partial charge on any atom is -0.347 e. The average molecular weight is 188 g/mol. The SMILES string of the molecule is [2H]C1([2H])C[C@H](C)OC2(CCC[C@H](C)O2)C1([2H])[2H]. The highest BCUT2D eigenvalue weighted by Crippen LogP contribution is 2.38. The monoisotopic (exact) mass is 188 g/mol. The molecule has 0 N–H and O–H groups in total. The Balaban J connectivity index is 2.36. The van der Waals surface area contributed by atoms with Gasteiger partial charge in [-0.15, -0.1) is 0 Å². The summed E-state index contributed by atoms with van der Waals surface area (Å²) in [6, 6.07) is 0. The number of hydrogen-bond donors (Lipinski definition) is 0. The molecular weight excluding hydrogens is 164 g/mol. The first-order valence-electron chi connectivity index (χ1n) is 7.06. The van der Waals surface area contributed by atoms with Crippen LogP contribution in [0.15, 0.2) is 0 Å². The van der Waals surface area contributed by atoms with E-state index in [1.807, 2.05) is 6.92 Å². The molecule has 0 bridgehead atoms. The van der Waals surface area contributed by atoms with Crippen molar-refractivity contribution >= 4 is 0 Å². The van der Waals surface area contributed by atoms with Crippen LogP contribution in [0.2, 0.25) is 0 Å². The second kappa shape index (κ2) is 3.58. The number of hydrogen-bond acceptors (Lipinski definition) is 2. The third kappa shape index (κ3) is 2.05. The lowest BCUT2D eigenvalue weighted by Gasteiger charge is -2.44. The zero-order chi connectivity index (χ0) is 12.9. The quantitative estimate of drug-likeness (QED) is 0.582. The van der Waals surface area contributed by atoms with Gasteiger partial charge in [0.25, 0.3) is 0 Å². The molecule has 2 saturated heterocycles. The van der Waals surface area contributed by atoms with Gasteiger partial charge in [0.15, 0.2) is 5.79 Å². The minimum atomic E-state index is -2.11. The molecule has 2 aliphatic rings. The van der Waals surface area contributed by atoms with Crippen LogP contribution in [0.1, 0.15) is 57.8 Å². The molecular formula is C11H20O2. The molecule has 0 aromatic heterocycles. The van der Waals surface area contributed by atoms with Crippen molar-refractivity contribution in [1.29, 1.82) is 0 Å². The molecule has 0 radical (unpaired) electrons. The lowest BCUT2D eigenvalue weighted by Crippen LogP contribution is -2.46. The normalized spacial score (nSPS) is 58.9. The van der Waals surface area contributed by atoms with Crippen LogP contribution in [0.5, 0.6) is 0 Å². The fraction of sp³-hybridized carbons (Fsp3) is 1.00. The van der Waals surface area contributed by atoms with E-state index in [-0.39, 0.29) is 18.6 Å². The van der Waals surface area contributed by atoms with Crippen molar-refractivity contribution in [3.63, 3.8) is 0 Å². The molecule has 13 heavy (non-hydrogen) atoms. The third-order valence-electron chi connectivity index (χ3n) is 2.57. The number of ether oxygens (including phenoxy) is 2. The summed E-state index contributed by atoms with van der Waals surface area (Å²) in [6.45, 7) is 3.66. The van der Waals surface area contributed by atoms with Crippen molar-refractivity contribution in [2.24, 2.45) is 0 Å². The van der Waals surface area contributed by atoms with E-state index in [1.54, 1.807) is 6.92 Å². The Kier molecular flexibility index (Phi) is 1.58. The van der Waals surface area contributed by atoms with Crippen LogP contribution in [0.4, 0.5) is 0 Å². The third-order valence-corrected chi connectivity index (χ3v) is 2.57. The lowest BCUT2D eigenvalue weighted by atomic mass is 9.93. The summed E-state index contributed by atoms with van der Waals surface area (Å²) in [4.78, 5) is 0. The molecule has 0 amide bonds. The van der Waals surface area contributed by atoms with Crippen molar-refractivity contribution in [3.8, 4) is 0 Å². The van der Waals surface area contributed by atoms with Crippen molar-refractivity contribution in [2.45, 2.75) is 70.3 Å². The van der Waals surface area contributed by atoms with Crippen molar-refractivity contribution in [3.05, 3.63) is 0 Å². The molecule has 2 fully saturated rings. The van der Waals surface area contributed by atoms with Crippen molar-refractivity contribution in [2.75, 3.05) is 0 Å². The molecule has 0 aromatic carbocycles. The van der Waals surface area contributed by atoms with Gasteiger partial charge in [0.1, 0.15) is 0 Å². The van der Waals surface area contributed by atoms with Gasteiger partial charge in [-0.25, -0.2) is 0 Å². The zero-order valence-corrected chi connectivity index (χ0v) is 8.30. The second-order valence-corrected chi connectivity index (χ2v) is 4.01. The molecule has 2 heterocycles. The van der Waals surface area contributed by atoms with Gasteiger partial charge in [-0.2, -0.15) is 0 Å². The molecule has 0 saturated carbocycles. The van der Waals surface area contributed by atoms with Gasteiger partial charge in [0.05, 0.1) is 12.2 Å². The Morgan fingerprint density at radius 1 is 1.23 bits per heavy atom. The summed E-state index contributed by atoms with van der Waals surface area (Å²) in [5, 5.41) is 0. The molecule has 2 aliphatic heterocycles. The highest BCUT2D eigenvalue weighted by atomic mass is 16.7. The molecule has 3 atom stereocenters. The fourth-order valence-electron chi connectivity index (χ4n) is 1.97. The van der Waals surface area contributed by atoms with Crippen LogP contribution >= 0.6 is 0 Å². The standard InChI is InChI=1S/C11H20O2/c1-9-5-3-7-11(12-9)8-4-6-10(2)13-11/h9-10H,3-8H2,1-2H3/t9-,10-,11?/m0/s1/i3D2,7D2. The van der Waals surface area contributed by atoms with Crippen molar-refractivity contribution in [1.82, 2.24) is 0 Å². The van der Waals surface area contributed by atoms with Crippen molar-refractivity contribution < 1.29 is 15.0 Å². The average Bonchev–Trinajstić information content (AvgIpc) is 2.13. The van der Waals surface area contributed by atoms with E-state index in [0.29, 0.717) is 6.42 Å². The van der Waals surface area contributed by atoms with E-state index >= 15 is 0 Å². The lowest BCUT2D eigenvalue weighted by molar-refractivity contribution is -0.309. The molecule has 2 rings (SSSR count). The molecule has 2 nitrogen and oxygen atoms in total. The minimum absolute atomic E-state index is 0.0689. The first-order chi connectivity index (χ1) is 7.70. The molecule has 76 valence electrons. The van der Waals surface area contributed by atoms with Gasteiger partial charge in [-0.1, -0.05) is 0 Å². The van der Waals surface area contributed by atoms with E-state index in [0.717, 1.165) is 12.8 Å². The largest absolute Gasteiger partial charge is 0.347 e. The van der Waals surface area contributed by atoms with Gasteiger partial charge in [-0.3, -0.25) is 0 Å². The maximum absolute atomic E-state index is 8.09.